The maximum absolute atomic E-state index is 13.0. The van der Waals surface area contributed by atoms with Gasteiger partial charge in [-0.2, -0.15) is 8.78 Å². The summed E-state index contributed by atoms with van der Waals surface area (Å²) < 4.78 is 29.0. The van der Waals surface area contributed by atoms with Crippen LogP contribution in [0.2, 0.25) is 0 Å². The van der Waals surface area contributed by atoms with E-state index in [-0.39, 0.29) is 18.3 Å². The third kappa shape index (κ3) is 5.78. The molecule has 182 valence electrons. The molecule has 1 fully saturated rings. The van der Waals surface area contributed by atoms with E-state index in [9.17, 15) is 23.5 Å². The standard InChI is InChI=1S/C24H28F2N4O4/c25-23(26)34-21-10-8-17(15-27-21)20(14-22(31)32)30-13-12-29(24(30)33)11-3-5-18-9-7-16-4-1-2-6-19(16)28-18/h7-10,15,20,23H,1-6,11-14H2,(H,31,32). The second-order valence-electron chi connectivity index (χ2n) is 8.60. The zero-order chi connectivity index (χ0) is 24.1. The molecule has 2 aliphatic rings. The number of rotatable bonds is 10. The van der Waals surface area contributed by atoms with Crippen LogP contribution in [0.4, 0.5) is 13.6 Å². The lowest BCUT2D eigenvalue weighted by atomic mass is 9.95. The van der Waals surface area contributed by atoms with Gasteiger partial charge in [-0.25, -0.2) is 9.78 Å². The van der Waals surface area contributed by atoms with E-state index in [4.69, 9.17) is 4.98 Å². The van der Waals surface area contributed by atoms with Gasteiger partial charge in [-0.15, -0.1) is 0 Å². The monoisotopic (exact) mass is 474 g/mol. The van der Waals surface area contributed by atoms with Gasteiger partial charge in [0, 0.05) is 43.3 Å². The fourth-order valence-corrected chi connectivity index (χ4v) is 4.64. The molecule has 2 amide bonds. The Morgan fingerprint density at radius 2 is 1.97 bits per heavy atom. The number of carbonyl (C=O) groups excluding carboxylic acids is 1. The number of aliphatic carboxylic acids is 1. The first kappa shape index (κ1) is 23.8. The van der Waals surface area contributed by atoms with Gasteiger partial charge >= 0.3 is 18.6 Å². The highest BCUT2D eigenvalue weighted by molar-refractivity contribution is 5.78. The summed E-state index contributed by atoms with van der Waals surface area (Å²) in [6, 6.07) is 5.97. The minimum Gasteiger partial charge on any atom is -0.481 e. The second-order valence-corrected chi connectivity index (χ2v) is 8.60. The Balaban J connectivity index is 1.36. The Kier molecular flexibility index (Phi) is 7.54. The Hall–Kier alpha value is -3.30. The number of pyridine rings is 2. The molecule has 1 saturated heterocycles. The van der Waals surface area contributed by atoms with E-state index in [0.717, 1.165) is 31.4 Å². The van der Waals surface area contributed by atoms with Crippen molar-refractivity contribution in [1.29, 1.82) is 0 Å². The molecule has 0 bridgehead atoms. The number of fused-ring (bicyclic) bond motifs is 1. The normalized spacial score (nSPS) is 16.6. The predicted molar refractivity (Wildman–Crippen MR) is 119 cm³/mol. The van der Waals surface area contributed by atoms with Crippen molar-refractivity contribution in [3.8, 4) is 5.88 Å². The summed E-state index contributed by atoms with van der Waals surface area (Å²) in [5, 5.41) is 9.38. The second kappa shape index (κ2) is 10.8. The summed E-state index contributed by atoms with van der Waals surface area (Å²) in [6.45, 7) is -1.58. The number of carboxylic acids is 1. The maximum atomic E-state index is 13.0. The Morgan fingerprint density at radius 1 is 1.15 bits per heavy atom. The van der Waals surface area contributed by atoms with E-state index >= 15 is 0 Å². The molecule has 8 nitrogen and oxygen atoms in total. The lowest BCUT2D eigenvalue weighted by Crippen LogP contribution is -2.36. The van der Waals surface area contributed by atoms with Crippen LogP contribution in [0.5, 0.6) is 5.88 Å². The maximum Gasteiger partial charge on any atom is 0.388 e. The highest BCUT2D eigenvalue weighted by Gasteiger charge is 2.35. The first-order valence-corrected chi connectivity index (χ1v) is 11.6. The van der Waals surface area contributed by atoms with Crippen LogP contribution in [0.25, 0.3) is 0 Å². The molecule has 0 aromatic carbocycles. The van der Waals surface area contributed by atoms with Gasteiger partial charge < -0.3 is 19.6 Å². The van der Waals surface area contributed by atoms with Crippen molar-refractivity contribution in [2.24, 2.45) is 0 Å². The molecule has 1 N–H and O–H groups in total. The lowest BCUT2D eigenvalue weighted by Gasteiger charge is -2.27. The number of alkyl halides is 2. The van der Waals surface area contributed by atoms with Crippen LogP contribution in [0.1, 0.15) is 54.2 Å². The van der Waals surface area contributed by atoms with E-state index < -0.39 is 18.6 Å². The van der Waals surface area contributed by atoms with Crippen molar-refractivity contribution in [2.75, 3.05) is 19.6 Å². The van der Waals surface area contributed by atoms with Crippen molar-refractivity contribution in [1.82, 2.24) is 19.8 Å². The summed E-state index contributed by atoms with van der Waals surface area (Å²) in [4.78, 5) is 36.4. The van der Waals surface area contributed by atoms with Crippen LogP contribution in [-0.4, -0.2) is 63.1 Å². The van der Waals surface area contributed by atoms with Crippen LogP contribution in [0, 0.1) is 0 Å². The lowest BCUT2D eigenvalue weighted by molar-refractivity contribution is -0.138. The van der Waals surface area contributed by atoms with E-state index in [2.05, 4.69) is 21.9 Å². The summed E-state index contributed by atoms with van der Waals surface area (Å²) in [5.74, 6) is -1.33. The van der Waals surface area contributed by atoms with Gasteiger partial charge in [-0.05, 0) is 55.7 Å². The molecule has 1 aliphatic heterocycles. The predicted octanol–water partition coefficient (Wildman–Crippen LogP) is 3.84. The number of aryl methyl sites for hydroxylation is 3. The van der Waals surface area contributed by atoms with Gasteiger partial charge in [-0.1, -0.05) is 12.1 Å². The van der Waals surface area contributed by atoms with Crippen molar-refractivity contribution < 1.29 is 28.2 Å². The Bertz CT molecular complexity index is 1020. The molecule has 1 aliphatic carbocycles. The molecule has 1 unspecified atom stereocenters. The molecule has 0 radical (unpaired) electrons. The number of urea groups is 1. The summed E-state index contributed by atoms with van der Waals surface area (Å²) in [5.41, 5.74) is 4.03. The average Bonchev–Trinajstić information content (AvgIpc) is 3.17. The first-order chi connectivity index (χ1) is 16.4. The third-order valence-electron chi connectivity index (χ3n) is 6.32. The van der Waals surface area contributed by atoms with Crippen LogP contribution >= 0.6 is 0 Å². The van der Waals surface area contributed by atoms with Gasteiger partial charge in [0.15, 0.2) is 0 Å². The number of nitrogens with zero attached hydrogens (tertiary/aromatic N) is 4. The van der Waals surface area contributed by atoms with Gasteiger partial charge in [0.1, 0.15) is 0 Å². The molecule has 1 atom stereocenters. The molecule has 0 spiro atoms. The molecule has 4 rings (SSSR count). The molecule has 2 aromatic rings. The summed E-state index contributed by atoms with van der Waals surface area (Å²) in [6.07, 6.45) is 7.01. The van der Waals surface area contributed by atoms with E-state index in [0.29, 0.717) is 25.2 Å². The average molecular weight is 475 g/mol. The summed E-state index contributed by atoms with van der Waals surface area (Å²) in [7, 11) is 0. The number of amides is 2. The van der Waals surface area contributed by atoms with E-state index in [1.807, 2.05) is 0 Å². The topological polar surface area (TPSA) is 95.9 Å². The fraction of sp³-hybridized carbons (Fsp3) is 0.500. The van der Waals surface area contributed by atoms with Crippen molar-refractivity contribution in [2.45, 2.75) is 57.6 Å². The smallest absolute Gasteiger partial charge is 0.388 e. The van der Waals surface area contributed by atoms with Crippen molar-refractivity contribution >= 4 is 12.0 Å². The third-order valence-corrected chi connectivity index (χ3v) is 6.32. The number of hydrogen-bond acceptors (Lipinski definition) is 5. The molecule has 34 heavy (non-hydrogen) atoms. The van der Waals surface area contributed by atoms with Crippen molar-refractivity contribution in [3.63, 3.8) is 0 Å². The Morgan fingerprint density at radius 3 is 2.71 bits per heavy atom. The van der Waals surface area contributed by atoms with Crippen LogP contribution in [-0.2, 0) is 24.1 Å². The molecular formula is C24H28F2N4O4. The zero-order valence-electron chi connectivity index (χ0n) is 18.8. The largest absolute Gasteiger partial charge is 0.481 e. The number of aromatic nitrogens is 2. The SMILES string of the molecule is O=C(O)CC(c1ccc(OC(F)F)nc1)N1CCN(CCCc2ccc3c(n2)CCCC3)C1=O. The minimum atomic E-state index is -3.00. The number of carboxylic acid groups (broad SMARTS) is 1. The molecule has 2 aromatic heterocycles. The van der Waals surface area contributed by atoms with Crippen LogP contribution < -0.4 is 4.74 Å². The highest BCUT2D eigenvalue weighted by Crippen LogP contribution is 2.29. The number of halogens is 2. The number of carbonyl (C=O) groups is 2. The number of hydrogen-bond donors (Lipinski definition) is 1. The highest BCUT2D eigenvalue weighted by atomic mass is 19.3. The molecule has 10 heteroatoms. The quantitative estimate of drug-likeness (QED) is 0.562. The van der Waals surface area contributed by atoms with Gasteiger partial charge in [0.25, 0.3) is 0 Å². The molecule has 0 saturated carbocycles. The number of ether oxygens (including phenoxy) is 1. The van der Waals surface area contributed by atoms with Crippen LogP contribution in [0.15, 0.2) is 30.5 Å². The van der Waals surface area contributed by atoms with Crippen LogP contribution in [0.3, 0.4) is 0 Å². The van der Waals surface area contributed by atoms with Gasteiger partial charge in [0.2, 0.25) is 5.88 Å². The molecular weight excluding hydrogens is 446 g/mol. The summed E-state index contributed by atoms with van der Waals surface area (Å²) >= 11 is 0. The van der Waals surface area contributed by atoms with Gasteiger partial charge in [-0.3, -0.25) is 9.78 Å². The van der Waals surface area contributed by atoms with E-state index in [1.165, 1.54) is 47.3 Å². The minimum absolute atomic E-state index is 0.238. The van der Waals surface area contributed by atoms with Gasteiger partial charge in [0.05, 0.1) is 12.5 Å². The molecule has 3 heterocycles. The zero-order valence-corrected chi connectivity index (χ0v) is 18.8. The first-order valence-electron chi connectivity index (χ1n) is 11.6. The van der Waals surface area contributed by atoms with Crippen molar-refractivity contribution in [3.05, 3.63) is 53.0 Å². The van der Waals surface area contributed by atoms with E-state index in [1.54, 1.807) is 4.90 Å². The fourth-order valence-electron chi connectivity index (χ4n) is 4.64. The Labute approximate surface area is 196 Å².